The van der Waals surface area contributed by atoms with E-state index in [0.29, 0.717) is 23.4 Å². The summed E-state index contributed by atoms with van der Waals surface area (Å²) in [6.07, 6.45) is 2.35. The largest absolute Gasteiger partial charge is 0.496 e. The van der Waals surface area contributed by atoms with E-state index in [4.69, 9.17) is 4.74 Å². The number of hydrogen-bond donors (Lipinski definition) is 1. The normalized spacial score (nSPS) is 12.4. The molecule has 0 fully saturated rings. The number of aryl methyl sites for hydroxylation is 1. The molecule has 0 aliphatic carbocycles. The summed E-state index contributed by atoms with van der Waals surface area (Å²) in [5.74, 6) is 0.0425. The van der Waals surface area contributed by atoms with E-state index in [9.17, 15) is 9.50 Å². The van der Waals surface area contributed by atoms with Crippen molar-refractivity contribution in [1.82, 2.24) is 9.78 Å². The van der Waals surface area contributed by atoms with Gasteiger partial charge in [-0.05, 0) is 25.1 Å². The number of hydrogen-bond acceptors (Lipinski definition) is 3. The molecule has 1 N–H and O–H groups in total. The second-order valence-corrected chi connectivity index (χ2v) is 3.92. The van der Waals surface area contributed by atoms with Crippen molar-refractivity contribution in [2.75, 3.05) is 7.11 Å². The zero-order valence-corrected chi connectivity index (χ0v) is 10.3. The minimum absolute atomic E-state index is 0.396. The summed E-state index contributed by atoms with van der Waals surface area (Å²) in [4.78, 5) is 0. The van der Waals surface area contributed by atoms with Gasteiger partial charge in [-0.25, -0.2) is 4.39 Å². The zero-order valence-electron chi connectivity index (χ0n) is 10.3. The van der Waals surface area contributed by atoms with Crippen molar-refractivity contribution in [3.8, 4) is 5.75 Å². The van der Waals surface area contributed by atoms with Gasteiger partial charge < -0.3 is 9.84 Å². The third-order valence-electron chi connectivity index (χ3n) is 2.78. The Balaban J connectivity index is 2.38. The van der Waals surface area contributed by atoms with Gasteiger partial charge in [-0.15, -0.1) is 0 Å². The summed E-state index contributed by atoms with van der Waals surface area (Å²) in [6, 6.07) is 4.06. The van der Waals surface area contributed by atoms with E-state index in [-0.39, 0.29) is 0 Å². The fraction of sp³-hybridized carbons (Fsp3) is 0.308. The molecule has 2 aromatic rings. The maximum atomic E-state index is 13.2. The lowest BCUT2D eigenvalue weighted by Gasteiger charge is -2.13. The Morgan fingerprint density at radius 1 is 1.50 bits per heavy atom. The van der Waals surface area contributed by atoms with Crippen LogP contribution in [0.4, 0.5) is 4.39 Å². The van der Waals surface area contributed by atoms with Gasteiger partial charge in [0.1, 0.15) is 17.7 Å². The summed E-state index contributed by atoms with van der Waals surface area (Å²) in [7, 11) is 1.49. The number of aliphatic hydroxyl groups is 1. The first kappa shape index (κ1) is 12.6. The number of ether oxygens (including phenoxy) is 1. The topological polar surface area (TPSA) is 47.3 Å². The predicted octanol–water partition coefficient (Wildman–Crippen LogP) is 2.13. The first-order valence-corrected chi connectivity index (χ1v) is 5.69. The molecular formula is C13H15FN2O2. The maximum Gasteiger partial charge on any atom is 0.125 e. The number of halogens is 1. The van der Waals surface area contributed by atoms with Gasteiger partial charge in [-0.1, -0.05) is 0 Å². The van der Waals surface area contributed by atoms with Crippen LogP contribution < -0.4 is 4.74 Å². The molecule has 0 bridgehead atoms. The lowest BCUT2D eigenvalue weighted by Crippen LogP contribution is -2.02. The van der Waals surface area contributed by atoms with Crippen LogP contribution in [0.2, 0.25) is 0 Å². The number of benzene rings is 1. The van der Waals surface area contributed by atoms with Crippen molar-refractivity contribution >= 4 is 0 Å². The molecule has 0 spiro atoms. The molecule has 0 saturated carbocycles. The van der Waals surface area contributed by atoms with Crippen LogP contribution in [0.25, 0.3) is 0 Å². The van der Waals surface area contributed by atoms with E-state index in [0.717, 1.165) is 0 Å². The van der Waals surface area contributed by atoms with Crippen LogP contribution in [0.5, 0.6) is 5.75 Å². The average molecular weight is 250 g/mol. The fourth-order valence-corrected chi connectivity index (χ4v) is 1.79. The molecule has 96 valence electrons. The van der Waals surface area contributed by atoms with Crippen LogP contribution in [0, 0.1) is 5.82 Å². The van der Waals surface area contributed by atoms with Gasteiger partial charge in [-0.2, -0.15) is 5.10 Å². The monoisotopic (exact) mass is 250 g/mol. The summed E-state index contributed by atoms with van der Waals surface area (Å²) in [5.41, 5.74) is 1.01. The molecule has 1 aromatic carbocycles. The molecule has 0 amide bonds. The van der Waals surface area contributed by atoms with Crippen LogP contribution in [-0.2, 0) is 6.54 Å². The summed E-state index contributed by atoms with van der Waals surface area (Å²) in [6.45, 7) is 2.67. The molecule has 0 aliphatic heterocycles. The molecule has 0 aliphatic rings. The highest BCUT2D eigenvalue weighted by Crippen LogP contribution is 2.30. The number of aromatic nitrogens is 2. The molecule has 0 saturated heterocycles. The van der Waals surface area contributed by atoms with Crippen molar-refractivity contribution in [2.24, 2.45) is 0 Å². The number of aliphatic hydroxyl groups excluding tert-OH is 1. The first-order chi connectivity index (χ1) is 8.65. The van der Waals surface area contributed by atoms with Gasteiger partial charge in [-0.3, -0.25) is 4.68 Å². The molecule has 18 heavy (non-hydrogen) atoms. The number of methoxy groups -OCH3 is 1. The molecule has 4 nitrogen and oxygen atoms in total. The summed E-state index contributed by atoms with van der Waals surface area (Å²) in [5, 5.41) is 14.3. The quantitative estimate of drug-likeness (QED) is 0.904. The van der Waals surface area contributed by atoms with Gasteiger partial charge in [0.25, 0.3) is 0 Å². The predicted molar refractivity (Wildman–Crippen MR) is 64.9 cm³/mol. The highest BCUT2D eigenvalue weighted by atomic mass is 19.1. The van der Waals surface area contributed by atoms with Crippen LogP contribution >= 0.6 is 0 Å². The smallest absolute Gasteiger partial charge is 0.125 e. The van der Waals surface area contributed by atoms with Crippen LogP contribution in [0.3, 0.4) is 0 Å². The van der Waals surface area contributed by atoms with E-state index in [2.05, 4.69) is 5.10 Å². The van der Waals surface area contributed by atoms with Gasteiger partial charge >= 0.3 is 0 Å². The Morgan fingerprint density at radius 3 is 2.89 bits per heavy atom. The van der Waals surface area contributed by atoms with Crippen molar-refractivity contribution in [3.63, 3.8) is 0 Å². The van der Waals surface area contributed by atoms with Gasteiger partial charge in [0.05, 0.1) is 13.3 Å². The molecule has 1 heterocycles. The van der Waals surface area contributed by atoms with Crippen molar-refractivity contribution < 1.29 is 14.2 Å². The number of nitrogens with zero attached hydrogens (tertiary/aromatic N) is 2. The Labute approximate surface area is 105 Å². The number of rotatable bonds is 4. The minimum Gasteiger partial charge on any atom is -0.496 e. The highest BCUT2D eigenvalue weighted by molar-refractivity contribution is 5.39. The third kappa shape index (κ3) is 2.36. The van der Waals surface area contributed by atoms with Gasteiger partial charge in [0.15, 0.2) is 0 Å². The molecule has 1 atom stereocenters. The Morgan fingerprint density at radius 2 is 2.28 bits per heavy atom. The van der Waals surface area contributed by atoms with E-state index in [1.165, 1.54) is 25.3 Å². The second kappa shape index (κ2) is 5.18. The molecular weight excluding hydrogens is 235 g/mol. The van der Waals surface area contributed by atoms with Crippen molar-refractivity contribution in [2.45, 2.75) is 19.6 Å². The molecule has 5 heteroatoms. The Bertz CT molecular complexity index is 540. The van der Waals surface area contributed by atoms with Crippen LogP contribution in [0.15, 0.2) is 30.6 Å². The van der Waals surface area contributed by atoms with E-state index in [1.807, 2.05) is 6.92 Å². The lowest BCUT2D eigenvalue weighted by molar-refractivity contribution is 0.214. The molecule has 1 aromatic heterocycles. The second-order valence-electron chi connectivity index (χ2n) is 3.92. The molecule has 1 unspecified atom stereocenters. The summed E-state index contributed by atoms with van der Waals surface area (Å²) < 4.78 is 20.1. The van der Waals surface area contributed by atoms with Crippen LogP contribution in [0.1, 0.15) is 24.2 Å². The van der Waals surface area contributed by atoms with Crippen molar-refractivity contribution in [3.05, 3.63) is 47.5 Å². The van der Waals surface area contributed by atoms with Crippen molar-refractivity contribution in [1.29, 1.82) is 0 Å². The highest BCUT2D eigenvalue weighted by Gasteiger charge is 2.17. The Hall–Kier alpha value is -1.88. The van der Waals surface area contributed by atoms with Gasteiger partial charge in [0.2, 0.25) is 0 Å². The zero-order chi connectivity index (χ0) is 13.1. The molecule has 2 rings (SSSR count). The van der Waals surface area contributed by atoms with E-state index in [1.54, 1.807) is 17.1 Å². The third-order valence-corrected chi connectivity index (χ3v) is 2.78. The maximum absolute atomic E-state index is 13.2. The molecule has 0 radical (unpaired) electrons. The Kier molecular flexibility index (Phi) is 3.62. The van der Waals surface area contributed by atoms with E-state index >= 15 is 0 Å². The lowest BCUT2D eigenvalue weighted by atomic mass is 10.0. The fourth-order valence-electron chi connectivity index (χ4n) is 1.79. The van der Waals surface area contributed by atoms with Gasteiger partial charge in [0, 0.05) is 23.9 Å². The van der Waals surface area contributed by atoms with E-state index < -0.39 is 11.9 Å². The SMILES string of the molecule is CCn1cc(C(O)c2cc(F)ccc2OC)cn1. The average Bonchev–Trinajstić information content (AvgIpc) is 2.86. The first-order valence-electron chi connectivity index (χ1n) is 5.69. The summed E-state index contributed by atoms with van der Waals surface area (Å²) >= 11 is 0. The van der Waals surface area contributed by atoms with Crippen LogP contribution in [-0.4, -0.2) is 22.0 Å². The standard InChI is InChI=1S/C13H15FN2O2/c1-3-16-8-9(7-15-16)13(17)11-6-10(14)4-5-12(11)18-2/h4-8,13,17H,3H2,1-2H3. The minimum atomic E-state index is -0.948.